The highest BCUT2D eigenvalue weighted by molar-refractivity contribution is 6.04. The van der Waals surface area contributed by atoms with Crippen molar-refractivity contribution in [2.45, 2.75) is 0 Å². The van der Waals surface area contributed by atoms with E-state index >= 15 is 0 Å². The summed E-state index contributed by atoms with van der Waals surface area (Å²) in [7, 11) is 0. The summed E-state index contributed by atoms with van der Waals surface area (Å²) in [6.45, 7) is 0. The minimum absolute atomic E-state index is 1.09. The maximum absolute atomic E-state index is 2.37. The Bertz CT molecular complexity index is 2980. The molecule has 0 saturated heterocycles. The Balaban J connectivity index is 1.04. The molecule has 10 aromatic carbocycles. The molecule has 0 aliphatic heterocycles. The topological polar surface area (TPSA) is 3.24 Å². The first kappa shape index (κ1) is 34.0. The molecule has 0 aromatic heterocycles. The molecule has 0 spiro atoms. The lowest BCUT2D eigenvalue weighted by molar-refractivity contribution is 1.28. The highest BCUT2D eigenvalue weighted by Crippen LogP contribution is 2.42. The summed E-state index contributed by atoms with van der Waals surface area (Å²) in [6, 6.07) is 85.6. The molecule has 10 aromatic rings. The Morgan fingerprint density at radius 2 is 0.702 bits per heavy atom. The van der Waals surface area contributed by atoms with Crippen molar-refractivity contribution in [2.24, 2.45) is 0 Å². The Labute approximate surface area is 334 Å². The normalized spacial score (nSPS) is 11.2. The van der Waals surface area contributed by atoms with Gasteiger partial charge in [-0.3, -0.25) is 0 Å². The number of rotatable bonds is 8. The van der Waals surface area contributed by atoms with E-state index in [1.165, 1.54) is 77.2 Å². The van der Waals surface area contributed by atoms with Gasteiger partial charge in [-0.1, -0.05) is 188 Å². The van der Waals surface area contributed by atoms with E-state index in [0.717, 1.165) is 17.1 Å². The smallest absolute Gasteiger partial charge is 0.0467 e. The monoisotopic (exact) mass is 725 g/mol. The molecule has 0 atom stereocenters. The lowest BCUT2D eigenvalue weighted by atomic mass is 9.90. The molecule has 10 rings (SSSR count). The Hall–Kier alpha value is -7.48. The molecule has 0 N–H and O–H groups in total. The predicted octanol–water partition coefficient (Wildman–Crippen LogP) is 15.8. The highest BCUT2D eigenvalue weighted by atomic mass is 15.1. The number of benzene rings is 10. The first-order valence-electron chi connectivity index (χ1n) is 19.6. The van der Waals surface area contributed by atoms with Crippen LogP contribution in [0.1, 0.15) is 0 Å². The van der Waals surface area contributed by atoms with Crippen LogP contribution in [-0.4, -0.2) is 0 Å². The predicted molar refractivity (Wildman–Crippen MR) is 243 cm³/mol. The number of hydrogen-bond donors (Lipinski definition) is 0. The van der Waals surface area contributed by atoms with Crippen LogP contribution in [0.5, 0.6) is 0 Å². The summed E-state index contributed by atoms with van der Waals surface area (Å²) in [6.07, 6.45) is 0. The van der Waals surface area contributed by atoms with Gasteiger partial charge in [-0.25, -0.2) is 0 Å². The van der Waals surface area contributed by atoms with Crippen LogP contribution >= 0.6 is 0 Å². The van der Waals surface area contributed by atoms with Crippen molar-refractivity contribution in [1.82, 2.24) is 0 Å². The van der Waals surface area contributed by atoms with Crippen LogP contribution in [0.3, 0.4) is 0 Å². The van der Waals surface area contributed by atoms with E-state index in [1.54, 1.807) is 0 Å². The fourth-order valence-electron chi connectivity index (χ4n) is 8.17. The summed E-state index contributed by atoms with van der Waals surface area (Å²) >= 11 is 0. The van der Waals surface area contributed by atoms with Gasteiger partial charge in [-0.15, -0.1) is 0 Å². The van der Waals surface area contributed by atoms with Crippen molar-refractivity contribution in [1.29, 1.82) is 0 Å². The van der Waals surface area contributed by atoms with Crippen molar-refractivity contribution in [3.8, 4) is 55.6 Å². The fourth-order valence-corrected chi connectivity index (χ4v) is 8.17. The molecule has 0 aliphatic carbocycles. The highest BCUT2D eigenvalue weighted by Gasteiger charge is 2.17. The quantitative estimate of drug-likeness (QED) is 0.151. The van der Waals surface area contributed by atoms with Crippen molar-refractivity contribution in [3.63, 3.8) is 0 Å². The van der Waals surface area contributed by atoms with Crippen molar-refractivity contribution in [3.05, 3.63) is 237 Å². The molecule has 1 heteroatoms. The summed E-state index contributed by atoms with van der Waals surface area (Å²) in [5, 5.41) is 5.01. The minimum Gasteiger partial charge on any atom is -0.310 e. The average molecular weight is 726 g/mol. The van der Waals surface area contributed by atoms with E-state index in [1.807, 2.05) is 0 Å². The molecular weight excluding hydrogens is 687 g/mol. The SMILES string of the molecule is c1ccc(-c2cccc(N(c3ccc(-c4cccc(-c5ccc6ccccc6c5)c4)cc3)c3ccc(-c4ccc5ccccc5c4-c4ccccc4)cc3)c2)cc1. The molecule has 0 unspecified atom stereocenters. The molecule has 0 fully saturated rings. The third-order valence-electron chi connectivity index (χ3n) is 11.0. The van der Waals surface area contributed by atoms with Gasteiger partial charge in [0.05, 0.1) is 0 Å². The zero-order chi connectivity index (χ0) is 38.0. The van der Waals surface area contributed by atoms with Crippen molar-refractivity contribution >= 4 is 38.6 Å². The molecule has 268 valence electrons. The molecule has 0 aliphatic rings. The van der Waals surface area contributed by atoms with E-state index in [9.17, 15) is 0 Å². The van der Waals surface area contributed by atoms with Crippen LogP contribution in [0, 0.1) is 0 Å². The van der Waals surface area contributed by atoms with Crippen LogP contribution in [-0.2, 0) is 0 Å². The Kier molecular flexibility index (Phi) is 8.95. The van der Waals surface area contributed by atoms with E-state index < -0.39 is 0 Å². The van der Waals surface area contributed by atoms with Crippen LogP contribution < -0.4 is 4.90 Å². The largest absolute Gasteiger partial charge is 0.310 e. The van der Waals surface area contributed by atoms with E-state index in [4.69, 9.17) is 0 Å². The molecule has 0 amide bonds. The first-order valence-corrected chi connectivity index (χ1v) is 19.6. The number of fused-ring (bicyclic) bond motifs is 2. The third-order valence-corrected chi connectivity index (χ3v) is 11.0. The van der Waals surface area contributed by atoms with Crippen molar-refractivity contribution < 1.29 is 0 Å². The van der Waals surface area contributed by atoms with Gasteiger partial charge in [0.2, 0.25) is 0 Å². The van der Waals surface area contributed by atoms with Crippen molar-refractivity contribution in [2.75, 3.05) is 4.90 Å². The van der Waals surface area contributed by atoms with Gasteiger partial charge in [0, 0.05) is 17.1 Å². The van der Waals surface area contributed by atoms with Gasteiger partial charge in [-0.2, -0.15) is 0 Å². The maximum Gasteiger partial charge on any atom is 0.0467 e. The molecule has 0 bridgehead atoms. The van der Waals surface area contributed by atoms with Crippen LogP contribution in [0.2, 0.25) is 0 Å². The van der Waals surface area contributed by atoms with Gasteiger partial charge in [0.1, 0.15) is 0 Å². The van der Waals surface area contributed by atoms with Crippen LogP contribution in [0.15, 0.2) is 237 Å². The van der Waals surface area contributed by atoms with Gasteiger partial charge < -0.3 is 4.90 Å². The molecule has 0 radical (unpaired) electrons. The summed E-state index contributed by atoms with van der Waals surface area (Å²) < 4.78 is 0. The van der Waals surface area contributed by atoms with Crippen LogP contribution in [0.4, 0.5) is 17.1 Å². The van der Waals surface area contributed by atoms with Gasteiger partial charge in [0.25, 0.3) is 0 Å². The number of nitrogens with zero attached hydrogens (tertiary/aromatic N) is 1. The second-order valence-electron chi connectivity index (χ2n) is 14.6. The number of hydrogen-bond acceptors (Lipinski definition) is 1. The van der Waals surface area contributed by atoms with E-state index in [-0.39, 0.29) is 0 Å². The zero-order valence-corrected chi connectivity index (χ0v) is 31.5. The lowest BCUT2D eigenvalue weighted by Gasteiger charge is -2.26. The minimum atomic E-state index is 1.09. The summed E-state index contributed by atoms with van der Waals surface area (Å²) in [4.78, 5) is 2.37. The second-order valence-corrected chi connectivity index (χ2v) is 14.6. The van der Waals surface area contributed by atoms with Crippen LogP contribution in [0.25, 0.3) is 77.2 Å². The molecule has 57 heavy (non-hydrogen) atoms. The number of anilines is 3. The molecule has 1 nitrogen and oxygen atoms in total. The maximum atomic E-state index is 2.37. The third kappa shape index (κ3) is 6.77. The van der Waals surface area contributed by atoms with E-state index in [2.05, 4.69) is 241 Å². The summed E-state index contributed by atoms with van der Waals surface area (Å²) in [5.41, 5.74) is 15.4. The Morgan fingerprint density at radius 1 is 0.228 bits per heavy atom. The van der Waals surface area contributed by atoms with Gasteiger partial charge in [0.15, 0.2) is 0 Å². The fraction of sp³-hybridized carbons (Fsp3) is 0. The zero-order valence-electron chi connectivity index (χ0n) is 31.5. The summed E-state index contributed by atoms with van der Waals surface area (Å²) in [5.74, 6) is 0. The standard InChI is InChI=1S/C56H39N/c1-3-13-40(14-4-1)49-22-12-23-53(39-49)57(51-32-27-42(28-33-51)47-20-11-21-48(37-47)50-26-25-41-15-7-8-19-46(41)38-50)52-34-29-44(30-35-52)55-36-31-43-16-9-10-24-54(43)56(55)45-17-5-2-6-18-45/h1-39H. The lowest BCUT2D eigenvalue weighted by Crippen LogP contribution is -2.10. The average Bonchev–Trinajstić information content (AvgIpc) is 3.30. The first-order chi connectivity index (χ1) is 28.2. The second kappa shape index (κ2) is 15.0. The molecular formula is C56H39N. The van der Waals surface area contributed by atoms with Gasteiger partial charge in [-0.05, 0) is 126 Å². The van der Waals surface area contributed by atoms with Gasteiger partial charge >= 0.3 is 0 Å². The molecule has 0 saturated carbocycles. The Morgan fingerprint density at radius 3 is 1.42 bits per heavy atom. The molecule has 0 heterocycles. The van der Waals surface area contributed by atoms with E-state index in [0.29, 0.717) is 0 Å².